The van der Waals surface area contributed by atoms with Crippen LogP contribution in [0.4, 0.5) is 5.82 Å². The van der Waals surface area contributed by atoms with Crippen molar-refractivity contribution in [2.45, 2.75) is 3.79 Å². The molecule has 1 heterocycles. The first kappa shape index (κ1) is 14.4. The SMILES string of the molecule is ClC(Cl)(Cl)C=NNc1nc2ccccc2c2ccccc12. The molecule has 0 saturated carbocycles. The van der Waals surface area contributed by atoms with E-state index in [1.54, 1.807) is 0 Å². The number of halogens is 3. The number of pyridine rings is 1. The van der Waals surface area contributed by atoms with Crippen LogP contribution < -0.4 is 5.43 Å². The third kappa shape index (κ3) is 3.21. The smallest absolute Gasteiger partial charge is 0.227 e. The zero-order valence-electron chi connectivity index (χ0n) is 10.7. The van der Waals surface area contributed by atoms with Gasteiger partial charge in [0, 0.05) is 10.8 Å². The Bertz CT molecular complexity index is 825. The third-order valence-electron chi connectivity index (χ3n) is 2.99. The van der Waals surface area contributed by atoms with Gasteiger partial charge in [-0.05, 0) is 11.5 Å². The Morgan fingerprint density at radius 3 is 2.24 bits per heavy atom. The maximum Gasteiger partial charge on any atom is 0.227 e. The van der Waals surface area contributed by atoms with E-state index in [9.17, 15) is 0 Å². The Labute approximate surface area is 136 Å². The number of fused-ring (bicyclic) bond motifs is 3. The summed E-state index contributed by atoms with van der Waals surface area (Å²) in [5.41, 5.74) is 3.72. The number of anilines is 1. The highest BCUT2D eigenvalue weighted by Crippen LogP contribution is 2.29. The molecule has 0 amide bonds. The summed E-state index contributed by atoms with van der Waals surface area (Å²) in [6, 6.07) is 15.9. The molecule has 2 aromatic carbocycles. The number of alkyl halides is 3. The van der Waals surface area contributed by atoms with E-state index in [0.29, 0.717) is 5.82 Å². The molecular formula is C15H10Cl3N3. The van der Waals surface area contributed by atoms with Crippen LogP contribution in [-0.2, 0) is 0 Å². The second-order valence-electron chi connectivity index (χ2n) is 4.43. The average molecular weight is 339 g/mol. The van der Waals surface area contributed by atoms with Gasteiger partial charge in [0.2, 0.25) is 3.79 Å². The minimum absolute atomic E-state index is 0.620. The summed E-state index contributed by atoms with van der Waals surface area (Å²) in [6.07, 6.45) is 1.20. The van der Waals surface area contributed by atoms with Gasteiger partial charge in [-0.15, -0.1) is 0 Å². The summed E-state index contributed by atoms with van der Waals surface area (Å²) in [7, 11) is 0. The Balaban J connectivity index is 2.14. The van der Waals surface area contributed by atoms with Crippen LogP contribution in [0, 0.1) is 0 Å². The van der Waals surface area contributed by atoms with Crippen molar-refractivity contribution in [3.63, 3.8) is 0 Å². The molecule has 3 nitrogen and oxygen atoms in total. The fourth-order valence-corrected chi connectivity index (χ4v) is 2.30. The van der Waals surface area contributed by atoms with Crippen LogP contribution in [0.2, 0.25) is 0 Å². The number of benzene rings is 2. The predicted octanol–water partition coefficient (Wildman–Crippen LogP) is 5.16. The van der Waals surface area contributed by atoms with Crippen LogP contribution in [-0.4, -0.2) is 15.0 Å². The Hall–Kier alpha value is -1.55. The minimum atomic E-state index is -1.54. The highest BCUT2D eigenvalue weighted by Gasteiger charge is 2.15. The summed E-state index contributed by atoms with van der Waals surface area (Å²) in [4.78, 5) is 4.57. The van der Waals surface area contributed by atoms with Gasteiger partial charge in [0.25, 0.3) is 0 Å². The minimum Gasteiger partial charge on any atom is -0.261 e. The number of aromatic nitrogens is 1. The standard InChI is InChI=1S/C15H10Cl3N3/c16-15(17,18)9-19-21-14-12-7-2-1-5-10(12)11-6-3-4-8-13(11)20-14/h1-9H,(H,20,21). The lowest BCUT2D eigenvalue weighted by Gasteiger charge is -2.09. The van der Waals surface area contributed by atoms with Crippen LogP contribution in [0.15, 0.2) is 53.6 Å². The lowest BCUT2D eigenvalue weighted by atomic mass is 10.1. The van der Waals surface area contributed by atoms with Gasteiger partial charge in [0.05, 0.1) is 11.7 Å². The predicted molar refractivity (Wildman–Crippen MR) is 91.7 cm³/mol. The first-order chi connectivity index (χ1) is 10.0. The van der Waals surface area contributed by atoms with Crippen LogP contribution in [0.25, 0.3) is 21.7 Å². The maximum absolute atomic E-state index is 5.63. The van der Waals surface area contributed by atoms with Crippen molar-refractivity contribution in [3.05, 3.63) is 48.5 Å². The topological polar surface area (TPSA) is 37.3 Å². The third-order valence-corrected chi connectivity index (χ3v) is 3.28. The summed E-state index contributed by atoms with van der Waals surface area (Å²) in [5.74, 6) is 0.620. The van der Waals surface area contributed by atoms with E-state index in [-0.39, 0.29) is 0 Å². The summed E-state index contributed by atoms with van der Waals surface area (Å²) in [5, 5.41) is 7.07. The van der Waals surface area contributed by atoms with Crippen molar-refractivity contribution in [1.29, 1.82) is 0 Å². The lowest BCUT2D eigenvalue weighted by Crippen LogP contribution is -2.05. The summed E-state index contributed by atoms with van der Waals surface area (Å²) >= 11 is 16.9. The molecular weight excluding hydrogens is 329 g/mol. The maximum atomic E-state index is 5.63. The molecule has 0 aliphatic rings. The summed E-state index contributed by atoms with van der Waals surface area (Å²) in [6.45, 7) is 0. The molecule has 0 aliphatic heterocycles. The number of rotatable bonds is 2. The number of nitrogens with zero attached hydrogens (tertiary/aromatic N) is 2. The molecule has 1 N–H and O–H groups in total. The number of nitrogens with one attached hydrogen (secondary N) is 1. The second-order valence-corrected chi connectivity index (χ2v) is 6.80. The van der Waals surface area contributed by atoms with E-state index >= 15 is 0 Å². The Morgan fingerprint density at radius 2 is 1.52 bits per heavy atom. The van der Waals surface area contributed by atoms with Gasteiger partial charge in [-0.3, -0.25) is 5.43 Å². The second kappa shape index (κ2) is 5.68. The van der Waals surface area contributed by atoms with Crippen molar-refractivity contribution in [2.75, 3.05) is 5.43 Å². The monoisotopic (exact) mass is 337 g/mol. The normalized spacial score (nSPS) is 12.3. The first-order valence-corrected chi connectivity index (χ1v) is 7.32. The Morgan fingerprint density at radius 1 is 0.905 bits per heavy atom. The molecule has 6 heteroatoms. The molecule has 0 radical (unpaired) electrons. The van der Waals surface area contributed by atoms with Gasteiger partial charge in [-0.2, -0.15) is 5.10 Å². The van der Waals surface area contributed by atoms with Gasteiger partial charge in [-0.25, -0.2) is 4.98 Å². The molecule has 0 fully saturated rings. The Kier molecular flexibility index (Phi) is 3.89. The molecule has 0 aliphatic carbocycles. The molecule has 0 atom stereocenters. The van der Waals surface area contributed by atoms with Gasteiger partial charge in [0.1, 0.15) is 0 Å². The molecule has 3 rings (SSSR count). The van der Waals surface area contributed by atoms with Gasteiger partial charge >= 0.3 is 0 Å². The number of hydrazone groups is 1. The van der Waals surface area contributed by atoms with E-state index in [2.05, 4.69) is 15.5 Å². The van der Waals surface area contributed by atoms with E-state index in [1.807, 2.05) is 48.5 Å². The zero-order chi connectivity index (χ0) is 14.9. The molecule has 21 heavy (non-hydrogen) atoms. The molecule has 1 aromatic heterocycles. The summed E-state index contributed by atoms with van der Waals surface area (Å²) < 4.78 is -1.54. The molecule has 0 unspecified atom stereocenters. The zero-order valence-corrected chi connectivity index (χ0v) is 13.0. The van der Waals surface area contributed by atoms with Crippen LogP contribution in [0.1, 0.15) is 0 Å². The molecule has 0 spiro atoms. The molecule has 106 valence electrons. The number of hydrogen-bond donors (Lipinski definition) is 1. The highest BCUT2D eigenvalue weighted by atomic mass is 35.6. The van der Waals surface area contributed by atoms with Crippen molar-refractivity contribution in [2.24, 2.45) is 5.10 Å². The first-order valence-electron chi connectivity index (χ1n) is 6.19. The lowest BCUT2D eigenvalue weighted by molar-refractivity contribution is 1.27. The number of para-hydroxylation sites is 1. The van der Waals surface area contributed by atoms with Gasteiger partial charge in [0.15, 0.2) is 5.82 Å². The van der Waals surface area contributed by atoms with E-state index in [0.717, 1.165) is 21.7 Å². The fourth-order valence-electron chi connectivity index (χ4n) is 2.16. The van der Waals surface area contributed by atoms with Gasteiger partial charge in [-0.1, -0.05) is 77.3 Å². The molecule has 0 bridgehead atoms. The fraction of sp³-hybridized carbons (Fsp3) is 0.0667. The number of hydrogen-bond acceptors (Lipinski definition) is 3. The van der Waals surface area contributed by atoms with Gasteiger partial charge < -0.3 is 0 Å². The molecule has 3 aromatic rings. The average Bonchev–Trinajstić information content (AvgIpc) is 2.46. The highest BCUT2D eigenvalue weighted by molar-refractivity contribution is 6.74. The van der Waals surface area contributed by atoms with E-state index in [1.165, 1.54) is 6.21 Å². The van der Waals surface area contributed by atoms with Crippen LogP contribution >= 0.6 is 34.8 Å². The largest absolute Gasteiger partial charge is 0.261 e. The van der Waals surface area contributed by atoms with Crippen molar-refractivity contribution < 1.29 is 0 Å². The van der Waals surface area contributed by atoms with Crippen LogP contribution in [0.3, 0.4) is 0 Å². The van der Waals surface area contributed by atoms with E-state index in [4.69, 9.17) is 34.8 Å². The quantitative estimate of drug-likeness (QED) is 0.303. The van der Waals surface area contributed by atoms with Crippen molar-refractivity contribution >= 4 is 68.5 Å². The van der Waals surface area contributed by atoms with Crippen molar-refractivity contribution in [3.8, 4) is 0 Å². The van der Waals surface area contributed by atoms with Crippen molar-refractivity contribution in [1.82, 2.24) is 4.98 Å². The molecule has 0 saturated heterocycles. The van der Waals surface area contributed by atoms with Crippen LogP contribution in [0.5, 0.6) is 0 Å². The van der Waals surface area contributed by atoms with E-state index < -0.39 is 3.79 Å².